The Balaban J connectivity index is 4.05. The number of esters is 1. The molecule has 1 atom stereocenters. The first-order valence-corrected chi connectivity index (χ1v) is 4.07. The van der Waals surface area contributed by atoms with Gasteiger partial charge >= 0.3 is 5.97 Å². The van der Waals surface area contributed by atoms with Crippen molar-refractivity contribution in [3.63, 3.8) is 0 Å². The van der Waals surface area contributed by atoms with Crippen LogP contribution >= 0.6 is 0 Å². The third-order valence-electron chi connectivity index (χ3n) is 1.23. The van der Waals surface area contributed by atoms with E-state index >= 15 is 0 Å². The van der Waals surface area contributed by atoms with Gasteiger partial charge in [0.1, 0.15) is 11.5 Å². The van der Waals surface area contributed by atoms with Crippen molar-refractivity contribution in [3.05, 3.63) is 10.1 Å². The first-order valence-electron chi connectivity index (χ1n) is 4.07. The summed E-state index contributed by atoms with van der Waals surface area (Å²) in [5.41, 5.74) is -0.581. The van der Waals surface area contributed by atoms with E-state index in [0.29, 0.717) is 0 Å². The molecule has 0 heterocycles. The third-order valence-corrected chi connectivity index (χ3v) is 1.23. The smallest absolute Gasteiger partial charge is 0.315 e. The summed E-state index contributed by atoms with van der Waals surface area (Å²) in [6, 6.07) is 0. The quantitative estimate of drug-likeness (QED) is 0.380. The van der Waals surface area contributed by atoms with Gasteiger partial charge in [-0.05, 0) is 27.7 Å². The zero-order valence-electron chi connectivity index (χ0n) is 8.36. The Kier molecular flexibility index (Phi) is 3.84. The lowest BCUT2D eigenvalue weighted by Gasteiger charge is -2.20. The number of ether oxygens (including phenoxy) is 1. The van der Waals surface area contributed by atoms with E-state index < -0.39 is 22.4 Å². The fraction of sp³-hybridized carbons (Fsp3) is 0.875. The van der Waals surface area contributed by atoms with Crippen LogP contribution in [0.15, 0.2) is 0 Å². The standard InChI is InChI=1S/C8H15NO4/c1-6(5-9(11)12)7(10)13-8(2,3)4/h6H,5H2,1-4H3/t6-/m1/s1. The molecule has 0 radical (unpaired) electrons. The number of hydrogen-bond donors (Lipinski definition) is 0. The highest BCUT2D eigenvalue weighted by Crippen LogP contribution is 2.10. The maximum Gasteiger partial charge on any atom is 0.315 e. The summed E-state index contributed by atoms with van der Waals surface area (Å²) in [4.78, 5) is 20.7. The van der Waals surface area contributed by atoms with Gasteiger partial charge in [0.15, 0.2) is 0 Å². The second-order valence-corrected chi connectivity index (χ2v) is 3.95. The topological polar surface area (TPSA) is 69.4 Å². The van der Waals surface area contributed by atoms with E-state index in [1.807, 2.05) is 0 Å². The fourth-order valence-corrected chi connectivity index (χ4v) is 0.701. The van der Waals surface area contributed by atoms with Crippen molar-refractivity contribution < 1.29 is 14.5 Å². The molecular weight excluding hydrogens is 174 g/mol. The van der Waals surface area contributed by atoms with Crippen LogP contribution in [0.25, 0.3) is 0 Å². The van der Waals surface area contributed by atoms with Crippen LogP contribution in [0.3, 0.4) is 0 Å². The van der Waals surface area contributed by atoms with Crippen molar-refractivity contribution in [2.24, 2.45) is 5.92 Å². The van der Waals surface area contributed by atoms with Crippen LogP contribution in [-0.4, -0.2) is 23.0 Å². The monoisotopic (exact) mass is 189 g/mol. The molecule has 5 nitrogen and oxygen atoms in total. The number of rotatable bonds is 3. The fourth-order valence-electron chi connectivity index (χ4n) is 0.701. The Morgan fingerprint density at radius 2 is 2.00 bits per heavy atom. The van der Waals surface area contributed by atoms with Crippen molar-refractivity contribution in [1.82, 2.24) is 0 Å². The minimum atomic E-state index is -0.686. The molecule has 0 amide bonds. The van der Waals surface area contributed by atoms with E-state index in [1.54, 1.807) is 20.8 Å². The van der Waals surface area contributed by atoms with E-state index in [4.69, 9.17) is 4.74 Å². The molecule has 0 aromatic heterocycles. The summed E-state index contributed by atoms with van der Waals surface area (Å²) in [6.07, 6.45) is 0. The molecule has 0 aliphatic heterocycles. The van der Waals surface area contributed by atoms with Crippen LogP contribution in [0.4, 0.5) is 0 Å². The van der Waals surface area contributed by atoms with Crippen molar-refractivity contribution in [2.75, 3.05) is 6.54 Å². The van der Waals surface area contributed by atoms with Crippen LogP contribution < -0.4 is 0 Å². The Hall–Kier alpha value is -1.13. The summed E-state index contributed by atoms with van der Waals surface area (Å²) in [7, 11) is 0. The Bertz CT molecular complexity index is 207. The second kappa shape index (κ2) is 4.20. The number of hydrogen-bond acceptors (Lipinski definition) is 4. The molecule has 0 aliphatic carbocycles. The summed E-state index contributed by atoms with van der Waals surface area (Å²) in [5.74, 6) is -1.21. The lowest BCUT2D eigenvalue weighted by molar-refractivity contribution is -0.485. The van der Waals surface area contributed by atoms with Gasteiger partial charge in [-0.25, -0.2) is 0 Å². The molecule has 0 aromatic carbocycles. The normalized spacial score (nSPS) is 13.5. The van der Waals surface area contributed by atoms with Crippen molar-refractivity contribution in [2.45, 2.75) is 33.3 Å². The summed E-state index contributed by atoms with van der Waals surface area (Å²) in [5, 5.41) is 10.1. The molecule has 0 rings (SSSR count). The van der Waals surface area contributed by atoms with Crippen LogP contribution in [0.5, 0.6) is 0 Å². The van der Waals surface area contributed by atoms with Gasteiger partial charge in [-0.1, -0.05) is 0 Å². The van der Waals surface area contributed by atoms with E-state index in [9.17, 15) is 14.9 Å². The lowest BCUT2D eigenvalue weighted by atomic mass is 10.1. The second-order valence-electron chi connectivity index (χ2n) is 3.95. The maximum absolute atomic E-state index is 11.2. The van der Waals surface area contributed by atoms with Crippen molar-refractivity contribution >= 4 is 5.97 Å². The van der Waals surface area contributed by atoms with E-state index in [1.165, 1.54) is 6.92 Å². The zero-order valence-corrected chi connectivity index (χ0v) is 8.36. The van der Waals surface area contributed by atoms with Gasteiger partial charge in [0, 0.05) is 4.92 Å². The van der Waals surface area contributed by atoms with Crippen molar-refractivity contribution in [1.29, 1.82) is 0 Å². The molecule has 0 unspecified atom stereocenters. The van der Waals surface area contributed by atoms with Gasteiger partial charge in [-0.15, -0.1) is 0 Å². The third kappa shape index (κ3) is 6.07. The molecular formula is C8H15NO4. The SMILES string of the molecule is C[C@H](C[N+](=O)[O-])C(=O)OC(C)(C)C. The lowest BCUT2D eigenvalue weighted by Crippen LogP contribution is -2.30. The molecule has 0 bridgehead atoms. The van der Waals surface area contributed by atoms with E-state index in [-0.39, 0.29) is 6.54 Å². The van der Waals surface area contributed by atoms with Crippen LogP contribution in [0.1, 0.15) is 27.7 Å². The first kappa shape index (κ1) is 11.9. The van der Waals surface area contributed by atoms with E-state index in [0.717, 1.165) is 0 Å². The Morgan fingerprint density at radius 1 is 1.54 bits per heavy atom. The molecule has 76 valence electrons. The minimum Gasteiger partial charge on any atom is -0.460 e. The number of carbonyl (C=O) groups is 1. The molecule has 0 aromatic rings. The summed E-state index contributed by atoms with van der Waals surface area (Å²) >= 11 is 0. The predicted molar refractivity (Wildman–Crippen MR) is 46.9 cm³/mol. The molecule has 0 fully saturated rings. The average molecular weight is 189 g/mol. The average Bonchev–Trinajstić information content (AvgIpc) is 1.81. The van der Waals surface area contributed by atoms with Gasteiger partial charge in [-0.2, -0.15) is 0 Å². The molecule has 0 spiro atoms. The molecule has 0 N–H and O–H groups in total. The molecule has 0 saturated heterocycles. The highest BCUT2D eigenvalue weighted by Gasteiger charge is 2.24. The summed E-state index contributed by atoms with van der Waals surface area (Å²) in [6.45, 7) is 6.28. The molecule has 0 saturated carbocycles. The predicted octanol–water partition coefficient (Wildman–Crippen LogP) is 1.24. The van der Waals surface area contributed by atoms with Crippen LogP contribution in [0, 0.1) is 16.0 Å². The number of nitrogens with zero attached hydrogens (tertiary/aromatic N) is 1. The van der Waals surface area contributed by atoms with Crippen LogP contribution in [0.2, 0.25) is 0 Å². The number of nitro groups is 1. The van der Waals surface area contributed by atoms with E-state index in [2.05, 4.69) is 0 Å². The maximum atomic E-state index is 11.2. The highest BCUT2D eigenvalue weighted by molar-refractivity contribution is 5.72. The zero-order chi connectivity index (χ0) is 10.6. The first-order chi connectivity index (χ1) is 5.72. The molecule has 13 heavy (non-hydrogen) atoms. The van der Waals surface area contributed by atoms with Gasteiger partial charge in [0.2, 0.25) is 6.54 Å². The van der Waals surface area contributed by atoms with Gasteiger partial charge in [0.05, 0.1) is 0 Å². The Labute approximate surface area is 77.2 Å². The van der Waals surface area contributed by atoms with Crippen molar-refractivity contribution in [3.8, 4) is 0 Å². The Morgan fingerprint density at radius 3 is 2.31 bits per heavy atom. The number of carbonyl (C=O) groups excluding carboxylic acids is 1. The highest BCUT2D eigenvalue weighted by atomic mass is 16.6. The van der Waals surface area contributed by atoms with Gasteiger partial charge in [-0.3, -0.25) is 14.9 Å². The summed E-state index contributed by atoms with van der Waals surface area (Å²) < 4.78 is 4.96. The minimum absolute atomic E-state index is 0.380. The largest absolute Gasteiger partial charge is 0.460 e. The molecule has 0 aliphatic rings. The molecule has 5 heteroatoms. The van der Waals surface area contributed by atoms with Crippen LogP contribution in [-0.2, 0) is 9.53 Å². The van der Waals surface area contributed by atoms with Gasteiger partial charge < -0.3 is 4.74 Å². The van der Waals surface area contributed by atoms with Gasteiger partial charge in [0.25, 0.3) is 0 Å².